The number of aliphatic carboxylic acids is 1. The number of hydrogen-bond acceptors (Lipinski definition) is 7. The molecule has 8 heteroatoms. The van der Waals surface area contributed by atoms with Crippen LogP contribution in [0.5, 0.6) is 0 Å². The molecule has 0 radical (unpaired) electrons. The lowest BCUT2D eigenvalue weighted by atomic mass is 10.1. The van der Waals surface area contributed by atoms with Crippen molar-refractivity contribution >= 4 is 17.9 Å². The SMILES string of the molecule is CCCCC/C=C/C=C/C=C/C=C/CCCCCCCC(=O)OC(COCCC(C(=O)[O-])[N+](C)(C)C)COC(=O)CCCCCCCCC/C=C/CCCCCC. The third kappa shape index (κ3) is 38.3. The van der Waals surface area contributed by atoms with Gasteiger partial charge in [-0.1, -0.05) is 158 Å². The van der Waals surface area contributed by atoms with Gasteiger partial charge >= 0.3 is 11.9 Å². The van der Waals surface area contributed by atoms with E-state index in [1.165, 1.54) is 83.5 Å². The Kier molecular flexibility index (Phi) is 37.8. The minimum atomic E-state index is -1.13. The van der Waals surface area contributed by atoms with Crippen LogP contribution in [0.4, 0.5) is 0 Å². The molecular formula is C49H85NO7. The second kappa shape index (κ2) is 39.8. The van der Waals surface area contributed by atoms with E-state index in [-0.39, 0.29) is 42.7 Å². The molecule has 0 spiro atoms. The summed E-state index contributed by atoms with van der Waals surface area (Å²) in [5.41, 5.74) is 0. The quantitative estimate of drug-likeness (QED) is 0.0200. The van der Waals surface area contributed by atoms with Crippen molar-refractivity contribution in [3.05, 3.63) is 60.8 Å². The first kappa shape index (κ1) is 54.0. The topological polar surface area (TPSA) is 102 Å². The largest absolute Gasteiger partial charge is 0.544 e. The van der Waals surface area contributed by atoms with Crippen LogP contribution in [0.2, 0.25) is 0 Å². The number of nitrogens with zero attached hydrogens (tertiary/aromatic N) is 1. The summed E-state index contributed by atoms with van der Waals surface area (Å²) in [7, 11) is 5.39. The summed E-state index contributed by atoms with van der Waals surface area (Å²) >= 11 is 0. The molecule has 0 N–H and O–H groups in total. The highest BCUT2D eigenvalue weighted by Gasteiger charge is 2.25. The molecule has 0 aliphatic carbocycles. The number of allylic oxidation sites excluding steroid dienone is 10. The normalized spacial score (nSPS) is 13.5. The third-order valence-corrected chi connectivity index (χ3v) is 9.97. The fraction of sp³-hybridized carbons (Fsp3) is 0.735. The predicted molar refractivity (Wildman–Crippen MR) is 236 cm³/mol. The number of rotatable bonds is 40. The van der Waals surface area contributed by atoms with Crippen LogP contribution in [0, 0.1) is 0 Å². The molecule has 8 nitrogen and oxygen atoms in total. The number of carboxylic acid groups (broad SMARTS) is 1. The van der Waals surface area contributed by atoms with Crippen molar-refractivity contribution in [2.45, 2.75) is 193 Å². The third-order valence-electron chi connectivity index (χ3n) is 9.97. The maximum atomic E-state index is 12.7. The molecule has 0 aliphatic heterocycles. The fourth-order valence-electron chi connectivity index (χ4n) is 6.37. The van der Waals surface area contributed by atoms with Crippen molar-refractivity contribution in [3.63, 3.8) is 0 Å². The van der Waals surface area contributed by atoms with Crippen molar-refractivity contribution in [3.8, 4) is 0 Å². The fourth-order valence-corrected chi connectivity index (χ4v) is 6.37. The number of ether oxygens (including phenoxy) is 3. The van der Waals surface area contributed by atoms with Crippen LogP contribution in [0.15, 0.2) is 60.8 Å². The molecule has 0 fully saturated rings. The van der Waals surface area contributed by atoms with E-state index < -0.39 is 18.1 Å². The summed E-state index contributed by atoms with van der Waals surface area (Å²) in [5, 5.41) is 11.6. The second-order valence-electron chi connectivity index (χ2n) is 16.4. The Bertz CT molecular complexity index is 1120. The molecule has 0 aromatic carbocycles. The zero-order chi connectivity index (χ0) is 42.1. The molecule has 2 atom stereocenters. The van der Waals surface area contributed by atoms with E-state index in [0.29, 0.717) is 12.8 Å². The Hall–Kier alpha value is -2.97. The maximum absolute atomic E-state index is 12.7. The standard InChI is InChI=1S/C49H85NO7/c1-6-8-10-12-14-16-18-20-22-23-24-26-28-30-32-34-36-38-40-48(52)57-45(43-55-42-41-46(49(53)54)50(3,4)5)44-56-47(51)39-37-35-33-31-29-27-25-21-19-17-15-13-11-9-7-2/h14,16-20,22-24,26,45-46H,6-13,15,21,25,27-44H2,1-5H3/b16-14+,19-17+,20-18+,23-22+,26-24+. The van der Waals surface area contributed by atoms with E-state index in [4.69, 9.17) is 14.2 Å². The molecule has 2 unspecified atom stereocenters. The molecule has 0 aromatic rings. The first-order valence-corrected chi connectivity index (χ1v) is 22.9. The Balaban J connectivity index is 4.40. The number of esters is 2. The first-order chi connectivity index (χ1) is 27.6. The van der Waals surface area contributed by atoms with Gasteiger partial charge in [0, 0.05) is 19.3 Å². The average molecular weight is 800 g/mol. The van der Waals surface area contributed by atoms with Crippen molar-refractivity contribution in [1.82, 2.24) is 0 Å². The van der Waals surface area contributed by atoms with Gasteiger partial charge in [-0.2, -0.15) is 0 Å². The van der Waals surface area contributed by atoms with Crippen LogP contribution in [-0.2, 0) is 28.6 Å². The number of carboxylic acids is 1. The lowest BCUT2D eigenvalue weighted by Crippen LogP contribution is -2.55. The minimum absolute atomic E-state index is 0.0276. The number of hydrogen-bond donors (Lipinski definition) is 0. The number of carbonyl (C=O) groups excluding carboxylic acids is 3. The van der Waals surface area contributed by atoms with Gasteiger partial charge in [0.25, 0.3) is 0 Å². The van der Waals surface area contributed by atoms with Crippen LogP contribution >= 0.6 is 0 Å². The highest BCUT2D eigenvalue weighted by Crippen LogP contribution is 2.13. The van der Waals surface area contributed by atoms with Gasteiger partial charge in [0.1, 0.15) is 12.6 Å². The molecule has 0 bridgehead atoms. The summed E-state index contributed by atoms with van der Waals surface area (Å²) in [6.07, 6.45) is 48.0. The second-order valence-corrected chi connectivity index (χ2v) is 16.4. The molecule has 0 rings (SSSR count). The summed E-state index contributed by atoms with van der Waals surface area (Å²) in [5.74, 6) is -1.77. The minimum Gasteiger partial charge on any atom is -0.544 e. The van der Waals surface area contributed by atoms with Gasteiger partial charge in [-0.15, -0.1) is 0 Å². The van der Waals surface area contributed by atoms with Gasteiger partial charge in [-0.25, -0.2) is 0 Å². The van der Waals surface area contributed by atoms with E-state index in [1.807, 2.05) is 6.08 Å². The van der Waals surface area contributed by atoms with Gasteiger partial charge in [0.05, 0.1) is 40.3 Å². The Morgan fingerprint density at radius 2 is 0.947 bits per heavy atom. The van der Waals surface area contributed by atoms with E-state index in [1.54, 1.807) is 21.1 Å². The van der Waals surface area contributed by atoms with Gasteiger partial charge in [-0.05, 0) is 64.2 Å². The Labute approximate surface area is 349 Å². The number of carbonyl (C=O) groups is 3. The Morgan fingerprint density at radius 1 is 0.526 bits per heavy atom. The summed E-state index contributed by atoms with van der Waals surface area (Å²) in [4.78, 5) is 36.9. The van der Waals surface area contributed by atoms with E-state index in [2.05, 4.69) is 68.5 Å². The van der Waals surface area contributed by atoms with Gasteiger partial charge in [-0.3, -0.25) is 9.59 Å². The van der Waals surface area contributed by atoms with Crippen molar-refractivity contribution in [2.24, 2.45) is 0 Å². The monoisotopic (exact) mass is 800 g/mol. The van der Waals surface area contributed by atoms with Gasteiger partial charge in [0.15, 0.2) is 6.10 Å². The van der Waals surface area contributed by atoms with Gasteiger partial charge in [0.2, 0.25) is 0 Å². The summed E-state index contributed by atoms with van der Waals surface area (Å²) in [6, 6.07) is -0.733. The van der Waals surface area contributed by atoms with Crippen molar-refractivity contribution < 1.29 is 38.2 Å². The smallest absolute Gasteiger partial charge is 0.306 e. The van der Waals surface area contributed by atoms with Crippen molar-refractivity contribution in [2.75, 3.05) is 41.0 Å². The highest BCUT2D eigenvalue weighted by molar-refractivity contribution is 5.70. The van der Waals surface area contributed by atoms with Crippen LogP contribution in [0.1, 0.15) is 181 Å². The van der Waals surface area contributed by atoms with Crippen LogP contribution in [-0.4, -0.2) is 75.5 Å². The molecule has 0 amide bonds. The molecule has 0 aliphatic rings. The number of likely N-dealkylation sites (N-methyl/N-ethyl adjacent to an activating group) is 1. The van der Waals surface area contributed by atoms with Crippen LogP contribution in [0.25, 0.3) is 0 Å². The molecule has 328 valence electrons. The van der Waals surface area contributed by atoms with Crippen molar-refractivity contribution in [1.29, 1.82) is 0 Å². The zero-order valence-electron chi connectivity index (χ0n) is 37.2. The maximum Gasteiger partial charge on any atom is 0.306 e. The molecule has 0 aromatic heterocycles. The van der Waals surface area contributed by atoms with Gasteiger partial charge < -0.3 is 28.6 Å². The molecular weight excluding hydrogens is 715 g/mol. The van der Waals surface area contributed by atoms with Crippen LogP contribution < -0.4 is 5.11 Å². The highest BCUT2D eigenvalue weighted by atomic mass is 16.6. The number of unbranched alkanes of at least 4 members (excludes halogenated alkanes) is 19. The molecule has 0 heterocycles. The first-order valence-electron chi connectivity index (χ1n) is 22.9. The predicted octanol–water partition coefficient (Wildman–Crippen LogP) is 11.2. The summed E-state index contributed by atoms with van der Waals surface area (Å²) < 4.78 is 17.2. The van der Waals surface area contributed by atoms with Crippen LogP contribution in [0.3, 0.4) is 0 Å². The average Bonchev–Trinajstić information content (AvgIpc) is 3.17. The molecule has 0 saturated carbocycles. The molecule has 57 heavy (non-hydrogen) atoms. The lowest BCUT2D eigenvalue weighted by Gasteiger charge is -2.34. The molecule has 0 saturated heterocycles. The zero-order valence-corrected chi connectivity index (χ0v) is 37.2. The Morgan fingerprint density at radius 3 is 1.46 bits per heavy atom. The van der Waals surface area contributed by atoms with E-state index in [9.17, 15) is 19.5 Å². The van der Waals surface area contributed by atoms with E-state index in [0.717, 1.165) is 64.2 Å². The lowest BCUT2D eigenvalue weighted by molar-refractivity contribution is -0.889. The van der Waals surface area contributed by atoms with E-state index >= 15 is 0 Å². The number of quaternary nitrogens is 1. The summed E-state index contributed by atoms with van der Waals surface area (Å²) in [6.45, 7) is 4.58.